The van der Waals surface area contributed by atoms with E-state index < -0.39 is 11.7 Å². The lowest BCUT2D eigenvalue weighted by atomic mass is 10.2. The van der Waals surface area contributed by atoms with Crippen LogP contribution in [-0.4, -0.2) is 26.9 Å². The van der Waals surface area contributed by atoms with Crippen molar-refractivity contribution in [1.82, 2.24) is 19.7 Å². The van der Waals surface area contributed by atoms with Crippen molar-refractivity contribution in [2.75, 3.05) is 7.11 Å². The molecule has 1 N–H and O–H groups in total. The number of ether oxygens (including phenoxy) is 2. The zero-order valence-electron chi connectivity index (χ0n) is 17.1. The first-order valence-corrected chi connectivity index (χ1v) is 9.68. The number of imidazole rings is 1. The van der Waals surface area contributed by atoms with Gasteiger partial charge in [0.25, 0.3) is 0 Å². The van der Waals surface area contributed by atoms with Gasteiger partial charge in [0.2, 0.25) is 0 Å². The van der Waals surface area contributed by atoms with Gasteiger partial charge < -0.3 is 14.0 Å². The largest absolute Gasteiger partial charge is 0.493 e. The van der Waals surface area contributed by atoms with Gasteiger partial charge in [0.05, 0.1) is 29.2 Å². The van der Waals surface area contributed by atoms with Crippen molar-refractivity contribution in [3.05, 3.63) is 66.2 Å². The molecule has 0 unspecified atom stereocenters. The molecule has 0 amide bonds. The summed E-state index contributed by atoms with van der Waals surface area (Å²) >= 11 is 0. The van der Waals surface area contributed by atoms with E-state index in [2.05, 4.69) is 15.2 Å². The Morgan fingerprint density at radius 3 is 2.50 bits per heavy atom. The van der Waals surface area contributed by atoms with E-state index >= 15 is 0 Å². The summed E-state index contributed by atoms with van der Waals surface area (Å²) in [5, 5.41) is 8.04. The number of rotatable bonds is 4. The first kappa shape index (κ1) is 19.9. The van der Waals surface area contributed by atoms with Crippen molar-refractivity contribution in [2.45, 2.75) is 6.18 Å². The maximum absolute atomic E-state index is 13.1. The Hall–Kier alpha value is -4.01. The highest BCUT2D eigenvalue weighted by molar-refractivity contribution is 5.94. The Morgan fingerprint density at radius 2 is 1.75 bits per heavy atom. The van der Waals surface area contributed by atoms with Crippen LogP contribution in [0.4, 0.5) is 13.2 Å². The molecular formula is C23H17F3N4O2. The molecule has 0 spiro atoms. The van der Waals surface area contributed by atoms with E-state index in [0.717, 1.165) is 23.0 Å². The van der Waals surface area contributed by atoms with Crippen molar-refractivity contribution in [3.63, 3.8) is 0 Å². The molecular weight excluding hydrogens is 421 g/mol. The number of H-pyrrole nitrogens is 1. The molecule has 32 heavy (non-hydrogen) atoms. The topological polar surface area (TPSA) is 65.0 Å². The molecule has 0 aliphatic rings. The Labute approximate surface area is 180 Å². The van der Waals surface area contributed by atoms with E-state index in [1.54, 1.807) is 43.0 Å². The standard InChI is InChI=1S/C23H17F3N4O2/c1-30-18-10-7-13(23(24,25)26)11-17(18)27-22(30)21-15-12-14(8-9-16(15)28-29-21)32-20-6-4-3-5-19(20)31-2/h3-12H,1-2H3,(H,28,29). The Kier molecular flexibility index (Phi) is 4.54. The summed E-state index contributed by atoms with van der Waals surface area (Å²) in [7, 11) is 3.31. The normalized spacial score (nSPS) is 11.9. The second kappa shape index (κ2) is 7.30. The number of nitrogens with one attached hydrogen (secondary N) is 1. The van der Waals surface area contributed by atoms with E-state index in [0.29, 0.717) is 34.3 Å². The fraction of sp³-hybridized carbons (Fsp3) is 0.130. The lowest BCUT2D eigenvalue weighted by Crippen LogP contribution is -2.04. The third-order valence-corrected chi connectivity index (χ3v) is 5.25. The molecule has 162 valence electrons. The van der Waals surface area contributed by atoms with Crippen molar-refractivity contribution < 1.29 is 22.6 Å². The van der Waals surface area contributed by atoms with Crippen LogP contribution in [0.25, 0.3) is 33.5 Å². The fourth-order valence-corrected chi connectivity index (χ4v) is 3.65. The fourth-order valence-electron chi connectivity index (χ4n) is 3.65. The lowest BCUT2D eigenvalue weighted by molar-refractivity contribution is -0.137. The van der Waals surface area contributed by atoms with Gasteiger partial charge in [-0.15, -0.1) is 0 Å². The van der Waals surface area contributed by atoms with Crippen LogP contribution in [0.2, 0.25) is 0 Å². The molecule has 0 fully saturated rings. The summed E-state index contributed by atoms with van der Waals surface area (Å²) in [6, 6.07) is 16.2. The van der Waals surface area contributed by atoms with E-state index in [1.807, 2.05) is 18.2 Å². The predicted molar refractivity (Wildman–Crippen MR) is 114 cm³/mol. The third-order valence-electron chi connectivity index (χ3n) is 5.25. The number of aromatic amines is 1. The molecule has 0 atom stereocenters. The van der Waals surface area contributed by atoms with Crippen LogP contribution in [0.1, 0.15) is 5.56 Å². The smallest absolute Gasteiger partial charge is 0.416 e. The average Bonchev–Trinajstić information content (AvgIpc) is 3.33. The van der Waals surface area contributed by atoms with Gasteiger partial charge in [-0.3, -0.25) is 5.10 Å². The second-order valence-electron chi connectivity index (χ2n) is 7.23. The first-order valence-electron chi connectivity index (χ1n) is 9.68. The van der Waals surface area contributed by atoms with Crippen LogP contribution in [0.15, 0.2) is 60.7 Å². The number of hydrogen-bond acceptors (Lipinski definition) is 4. The molecule has 5 aromatic rings. The van der Waals surface area contributed by atoms with Gasteiger partial charge in [-0.1, -0.05) is 12.1 Å². The minimum Gasteiger partial charge on any atom is -0.493 e. The molecule has 9 heteroatoms. The summed E-state index contributed by atoms with van der Waals surface area (Å²) in [6.45, 7) is 0. The average molecular weight is 438 g/mol. The summed E-state index contributed by atoms with van der Waals surface area (Å²) < 4.78 is 52.4. The zero-order valence-corrected chi connectivity index (χ0v) is 17.1. The maximum atomic E-state index is 13.1. The first-order chi connectivity index (χ1) is 15.3. The van der Waals surface area contributed by atoms with Crippen molar-refractivity contribution in [3.8, 4) is 28.8 Å². The van der Waals surface area contributed by atoms with Crippen molar-refractivity contribution >= 4 is 21.9 Å². The molecule has 0 aliphatic carbocycles. The molecule has 2 heterocycles. The summed E-state index contributed by atoms with van der Waals surface area (Å²) in [5.41, 5.74) is 1.34. The zero-order chi connectivity index (χ0) is 22.5. The second-order valence-corrected chi connectivity index (χ2v) is 7.23. The summed E-state index contributed by atoms with van der Waals surface area (Å²) in [6.07, 6.45) is -4.43. The highest BCUT2D eigenvalue weighted by Gasteiger charge is 2.31. The number of para-hydroxylation sites is 2. The molecule has 0 bridgehead atoms. The van der Waals surface area contributed by atoms with Gasteiger partial charge in [-0.2, -0.15) is 18.3 Å². The molecule has 0 radical (unpaired) electrons. The number of aromatic nitrogens is 4. The highest BCUT2D eigenvalue weighted by atomic mass is 19.4. The van der Waals surface area contributed by atoms with Crippen LogP contribution in [-0.2, 0) is 13.2 Å². The monoisotopic (exact) mass is 438 g/mol. The van der Waals surface area contributed by atoms with Gasteiger partial charge in [0.15, 0.2) is 17.3 Å². The van der Waals surface area contributed by atoms with Crippen LogP contribution in [0, 0.1) is 0 Å². The minimum atomic E-state index is -4.43. The number of benzene rings is 3. The third kappa shape index (κ3) is 3.31. The number of nitrogens with zero attached hydrogens (tertiary/aromatic N) is 3. The predicted octanol–water partition coefficient (Wildman–Crippen LogP) is 5.94. The van der Waals surface area contributed by atoms with E-state index in [9.17, 15) is 13.2 Å². The van der Waals surface area contributed by atoms with Gasteiger partial charge in [-0.05, 0) is 48.5 Å². The Bertz CT molecular complexity index is 1450. The molecule has 2 aromatic heterocycles. The van der Waals surface area contributed by atoms with E-state index in [1.165, 1.54) is 6.07 Å². The van der Waals surface area contributed by atoms with Crippen molar-refractivity contribution in [1.29, 1.82) is 0 Å². The van der Waals surface area contributed by atoms with Gasteiger partial charge in [0.1, 0.15) is 11.4 Å². The molecule has 0 aliphatic heterocycles. The number of methoxy groups -OCH3 is 1. The van der Waals surface area contributed by atoms with Crippen molar-refractivity contribution in [2.24, 2.45) is 7.05 Å². The minimum absolute atomic E-state index is 0.245. The van der Waals surface area contributed by atoms with Gasteiger partial charge in [0, 0.05) is 12.4 Å². The van der Waals surface area contributed by atoms with Gasteiger partial charge >= 0.3 is 6.18 Å². The molecule has 5 rings (SSSR count). The Morgan fingerprint density at radius 1 is 0.969 bits per heavy atom. The molecule has 3 aromatic carbocycles. The summed E-state index contributed by atoms with van der Waals surface area (Å²) in [5.74, 6) is 2.15. The lowest BCUT2D eigenvalue weighted by Gasteiger charge is -2.10. The molecule has 6 nitrogen and oxygen atoms in total. The molecule has 0 saturated carbocycles. The molecule has 0 saturated heterocycles. The number of fused-ring (bicyclic) bond motifs is 2. The summed E-state index contributed by atoms with van der Waals surface area (Å²) in [4.78, 5) is 4.44. The van der Waals surface area contributed by atoms with E-state index in [-0.39, 0.29) is 5.52 Å². The van der Waals surface area contributed by atoms with E-state index in [4.69, 9.17) is 9.47 Å². The highest BCUT2D eigenvalue weighted by Crippen LogP contribution is 2.36. The maximum Gasteiger partial charge on any atom is 0.416 e. The van der Waals surface area contributed by atoms with Crippen LogP contribution in [0.5, 0.6) is 17.2 Å². The van der Waals surface area contributed by atoms with Crippen LogP contribution in [0.3, 0.4) is 0 Å². The number of aryl methyl sites for hydroxylation is 1. The van der Waals surface area contributed by atoms with Crippen LogP contribution < -0.4 is 9.47 Å². The van der Waals surface area contributed by atoms with Gasteiger partial charge in [-0.25, -0.2) is 4.98 Å². The van der Waals surface area contributed by atoms with Crippen LogP contribution >= 0.6 is 0 Å². The number of halogens is 3. The quantitative estimate of drug-likeness (QED) is 0.377. The Balaban J connectivity index is 1.59. The number of hydrogen-bond donors (Lipinski definition) is 1. The number of alkyl halides is 3. The SMILES string of the molecule is COc1ccccc1Oc1ccc2[nH]nc(-c3nc4cc(C(F)(F)F)ccc4n3C)c2c1.